The van der Waals surface area contributed by atoms with E-state index in [0.29, 0.717) is 6.54 Å². The number of hydrogen-bond acceptors (Lipinski definition) is 4. The van der Waals surface area contributed by atoms with Crippen LogP contribution >= 0.6 is 34.0 Å². The average Bonchev–Trinajstić information content (AvgIpc) is 2.36. The molecule has 20 heavy (non-hydrogen) atoms. The monoisotopic (exact) mass is 353 g/mol. The Balaban J connectivity index is 2.73. The quantitative estimate of drug-likeness (QED) is 0.465. The zero-order chi connectivity index (χ0) is 15.2. The summed E-state index contributed by atoms with van der Waals surface area (Å²) in [6.45, 7) is 4.06. The molecule has 1 amide bonds. The van der Waals surface area contributed by atoms with Crippen LogP contribution in [0, 0.1) is 0 Å². The minimum atomic E-state index is -3.92. The van der Waals surface area contributed by atoms with E-state index in [2.05, 4.69) is 11.9 Å². The van der Waals surface area contributed by atoms with E-state index in [1.54, 1.807) is 17.8 Å². The second-order valence-corrected chi connectivity index (χ2v) is 7.89. The Bertz CT molecular complexity index is 603. The number of carbonyl (C=O) groups is 1. The van der Waals surface area contributed by atoms with E-state index < -0.39 is 15.0 Å². The molecule has 1 aromatic rings. The summed E-state index contributed by atoms with van der Waals surface area (Å²) in [5.41, 5.74) is 0.158. The molecule has 0 saturated heterocycles. The maximum Gasteiger partial charge on any atom is 0.261 e. The van der Waals surface area contributed by atoms with Gasteiger partial charge in [0, 0.05) is 39.3 Å². The zero-order valence-corrected chi connectivity index (χ0v) is 13.6. The van der Waals surface area contributed by atoms with Crippen LogP contribution in [0.5, 0.6) is 0 Å². The van der Waals surface area contributed by atoms with Gasteiger partial charge in [-0.25, -0.2) is 8.42 Å². The largest absolute Gasteiger partial charge is 0.351 e. The molecule has 1 N–H and O–H groups in total. The van der Waals surface area contributed by atoms with Crippen molar-refractivity contribution in [3.63, 3.8) is 0 Å². The van der Waals surface area contributed by atoms with Crippen molar-refractivity contribution in [2.75, 3.05) is 18.1 Å². The Hall–Kier alpha value is -0.690. The summed E-state index contributed by atoms with van der Waals surface area (Å²) in [7, 11) is 1.32. The smallest absolute Gasteiger partial charge is 0.261 e. The normalized spacial score (nSPS) is 11.1. The molecular formula is C12H13Cl2NO3S2. The maximum absolute atomic E-state index is 11.9. The number of rotatable bonds is 7. The molecule has 0 aliphatic rings. The Labute approximate surface area is 132 Å². The first-order chi connectivity index (χ1) is 9.34. The van der Waals surface area contributed by atoms with Crippen LogP contribution in [0.15, 0.2) is 35.7 Å². The van der Waals surface area contributed by atoms with Crippen molar-refractivity contribution >= 4 is 49.0 Å². The van der Waals surface area contributed by atoms with Crippen LogP contribution in [-0.4, -0.2) is 32.4 Å². The summed E-state index contributed by atoms with van der Waals surface area (Å²) in [4.78, 5) is 11.7. The average molecular weight is 354 g/mol. The van der Waals surface area contributed by atoms with Gasteiger partial charge in [-0.15, -0.1) is 6.58 Å². The third kappa shape index (κ3) is 5.75. The van der Waals surface area contributed by atoms with Crippen molar-refractivity contribution in [2.24, 2.45) is 0 Å². The first-order valence-electron chi connectivity index (χ1n) is 5.56. The van der Waals surface area contributed by atoms with Crippen LogP contribution in [0.1, 0.15) is 10.4 Å². The van der Waals surface area contributed by atoms with Crippen LogP contribution in [0.4, 0.5) is 0 Å². The Morgan fingerprint density at radius 1 is 1.40 bits per heavy atom. The fourth-order valence-corrected chi connectivity index (χ4v) is 3.02. The zero-order valence-electron chi connectivity index (χ0n) is 10.4. The number of benzene rings is 1. The molecule has 1 aromatic carbocycles. The van der Waals surface area contributed by atoms with Crippen molar-refractivity contribution in [1.82, 2.24) is 5.32 Å². The lowest BCUT2D eigenvalue weighted by Gasteiger charge is -2.06. The summed E-state index contributed by atoms with van der Waals surface area (Å²) < 4.78 is 22.5. The van der Waals surface area contributed by atoms with Crippen LogP contribution in [-0.2, 0) is 9.05 Å². The highest BCUT2D eigenvalue weighted by Crippen LogP contribution is 2.22. The Morgan fingerprint density at radius 2 is 2.10 bits per heavy atom. The van der Waals surface area contributed by atoms with E-state index in [9.17, 15) is 13.2 Å². The predicted molar refractivity (Wildman–Crippen MR) is 84.3 cm³/mol. The van der Waals surface area contributed by atoms with Gasteiger partial charge in [-0.2, -0.15) is 11.8 Å². The topological polar surface area (TPSA) is 63.2 Å². The molecule has 0 unspecified atom stereocenters. The van der Waals surface area contributed by atoms with Crippen LogP contribution in [0.2, 0.25) is 5.02 Å². The van der Waals surface area contributed by atoms with E-state index in [1.165, 1.54) is 18.2 Å². The maximum atomic E-state index is 11.9. The molecule has 0 aliphatic carbocycles. The molecule has 4 nitrogen and oxygen atoms in total. The van der Waals surface area contributed by atoms with Crippen LogP contribution < -0.4 is 5.32 Å². The molecule has 8 heteroatoms. The highest BCUT2D eigenvalue weighted by molar-refractivity contribution is 8.13. The van der Waals surface area contributed by atoms with Gasteiger partial charge < -0.3 is 5.32 Å². The van der Waals surface area contributed by atoms with E-state index in [4.69, 9.17) is 22.3 Å². The molecule has 0 fully saturated rings. The second kappa shape index (κ2) is 7.93. The van der Waals surface area contributed by atoms with E-state index >= 15 is 0 Å². The number of halogens is 2. The predicted octanol–water partition coefficient (Wildman–Crippen LogP) is 2.92. The van der Waals surface area contributed by atoms with Gasteiger partial charge in [0.2, 0.25) is 0 Å². The van der Waals surface area contributed by atoms with Crippen molar-refractivity contribution in [2.45, 2.75) is 4.90 Å². The molecule has 110 valence electrons. The third-order valence-electron chi connectivity index (χ3n) is 2.18. The summed E-state index contributed by atoms with van der Waals surface area (Å²) in [5.74, 6) is 1.15. The van der Waals surface area contributed by atoms with E-state index in [0.717, 1.165) is 11.5 Å². The number of hydrogen-bond donors (Lipinski definition) is 1. The SMILES string of the molecule is C=CCSCCNC(=O)c1cc(Cl)cc(S(=O)(=O)Cl)c1. The number of carbonyl (C=O) groups excluding carboxylic acids is 1. The fraction of sp³-hybridized carbons (Fsp3) is 0.250. The minimum absolute atomic E-state index is 0.137. The molecule has 0 aliphatic heterocycles. The molecule has 0 atom stereocenters. The van der Waals surface area contributed by atoms with Gasteiger partial charge in [-0.3, -0.25) is 4.79 Å². The van der Waals surface area contributed by atoms with Crippen molar-refractivity contribution in [1.29, 1.82) is 0 Å². The lowest BCUT2D eigenvalue weighted by Crippen LogP contribution is -2.26. The van der Waals surface area contributed by atoms with Gasteiger partial charge in [0.25, 0.3) is 15.0 Å². The summed E-state index contributed by atoms with van der Waals surface area (Å²) in [6, 6.07) is 3.78. The highest BCUT2D eigenvalue weighted by Gasteiger charge is 2.15. The van der Waals surface area contributed by atoms with Gasteiger partial charge in [0.05, 0.1) is 4.90 Å². The van der Waals surface area contributed by atoms with Crippen LogP contribution in [0.3, 0.4) is 0 Å². The van der Waals surface area contributed by atoms with E-state index in [-0.39, 0.29) is 15.5 Å². The Kier molecular flexibility index (Phi) is 6.88. The molecule has 0 bridgehead atoms. The minimum Gasteiger partial charge on any atom is -0.351 e. The van der Waals surface area contributed by atoms with Gasteiger partial charge >= 0.3 is 0 Å². The van der Waals surface area contributed by atoms with Gasteiger partial charge in [0.15, 0.2) is 0 Å². The van der Waals surface area contributed by atoms with Crippen LogP contribution in [0.25, 0.3) is 0 Å². The number of thioether (sulfide) groups is 1. The highest BCUT2D eigenvalue weighted by atomic mass is 35.7. The van der Waals surface area contributed by atoms with Gasteiger partial charge in [0.1, 0.15) is 0 Å². The third-order valence-corrected chi connectivity index (χ3v) is 4.70. The Morgan fingerprint density at radius 3 is 2.70 bits per heavy atom. The molecule has 0 spiro atoms. The first-order valence-corrected chi connectivity index (χ1v) is 9.41. The summed E-state index contributed by atoms with van der Waals surface area (Å²) >= 11 is 7.41. The standard InChI is InChI=1S/C12H13Cl2NO3S2/c1-2-4-19-5-3-15-12(16)9-6-10(13)8-11(7-9)20(14,17)18/h2,6-8H,1,3-5H2,(H,15,16). The molecular weight excluding hydrogens is 341 g/mol. The summed E-state index contributed by atoms with van der Waals surface area (Å²) in [6.07, 6.45) is 1.78. The van der Waals surface area contributed by atoms with Gasteiger partial charge in [-0.1, -0.05) is 17.7 Å². The molecule has 0 saturated carbocycles. The second-order valence-electron chi connectivity index (χ2n) is 3.73. The van der Waals surface area contributed by atoms with Crippen molar-refractivity contribution < 1.29 is 13.2 Å². The number of nitrogens with one attached hydrogen (secondary N) is 1. The molecule has 0 aromatic heterocycles. The van der Waals surface area contributed by atoms with Crippen molar-refractivity contribution in [3.8, 4) is 0 Å². The lowest BCUT2D eigenvalue weighted by molar-refractivity contribution is 0.0956. The molecule has 1 rings (SSSR count). The first kappa shape index (κ1) is 17.4. The summed E-state index contributed by atoms with van der Waals surface area (Å²) in [5, 5.41) is 2.81. The number of amides is 1. The molecule has 0 heterocycles. The van der Waals surface area contributed by atoms with Crippen molar-refractivity contribution in [3.05, 3.63) is 41.4 Å². The van der Waals surface area contributed by atoms with E-state index in [1.807, 2.05) is 0 Å². The fourth-order valence-electron chi connectivity index (χ4n) is 1.34. The lowest BCUT2D eigenvalue weighted by atomic mass is 10.2. The van der Waals surface area contributed by atoms with Gasteiger partial charge in [-0.05, 0) is 18.2 Å². The molecule has 0 radical (unpaired) electrons.